The predicted octanol–water partition coefficient (Wildman–Crippen LogP) is 1.47. The third-order valence-corrected chi connectivity index (χ3v) is 1.78. The van der Waals surface area contributed by atoms with Gasteiger partial charge in [-0.15, -0.1) is 0 Å². The molecule has 5 nitrogen and oxygen atoms in total. The van der Waals surface area contributed by atoms with Crippen LogP contribution in [-0.2, 0) is 4.79 Å². The zero-order valence-corrected chi connectivity index (χ0v) is 8.21. The Morgan fingerprint density at radius 3 is 2.35 bits per heavy atom. The number of alkyl halides is 3. The fourth-order valence-electron chi connectivity index (χ4n) is 1.04. The number of rotatable bonds is 2. The van der Waals surface area contributed by atoms with Crippen molar-refractivity contribution in [1.82, 2.24) is 0 Å². The number of carboxylic acid groups (broad SMARTS) is 1. The maximum Gasteiger partial charge on any atom is 0.471 e. The van der Waals surface area contributed by atoms with Gasteiger partial charge < -0.3 is 16.2 Å². The van der Waals surface area contributed by atoms with Gasteiger partial charge in [0.1, 0.15) is 0 Å². The van der Waals surface area contributed by atoms with Gasteiger partial charge >= 0.3 is 18.1 Å². The Morgan fingerprint density at radius 1 is 1.29 bits per heavy atom. The Bertz CT molecular complexity index is 471. The minimum atomic E-state index is -5.10. The number of amides is 1. The summed E-state index contributed by atoms with van der Waals surface area (Å²) in [5.74, 6) is -3.73. The van der Waals surface area contributed by atoms with E-state index in [4.69, 9.17) is 10.8 Å². The molecule has 0 aliphatic carbocycles. The predicted molar refractivity (Wildman–Crippen MR) is 52.5 cm³/mol. The van der Waals surface area contributed by atoms with Crippen LogP contribution in [0.1, 0.15) is 10.4 Å². The van der Waals surface area contributed by atoms with Crippen molar-refractivity contribution in [3.05, 3.63) is 23.8 Å². The summed E-state index contributed by atoms with van der Waals surface area (Å²) in [5, 5.41) is 10.1. The number of benzene rings is 1. The second kappa shape index (κ2) is 4.32. The molecular formula is C9H7F3N2O3. The summed E-state index contributed by atoms with van der Waals surface area (Å²) in [4.78, 5) is 21.3. The molecule has 0 unspecified atom stereocenters. The van der Waals surface area contributed by atoms with Crippen LogP contribution in [0.4, 0.5) is 24.5 Å². The average Bonchev–Trinajstić information content (AvgIpc) is 2.15. The molecule has 0 saturated carbocycles. The van der Waals surface area contributed by atoms with E-state index in [1.165, 1.54) is 11.4 Å². The molecule has 1 amide bonds. The number of halogens is 3. The molecule has 1 rings (SSSR count). The quantitative estimate of drug-likeness (QED) is 0.691. The van der Waals surface area contributed by atoms with Gasteiger partial charge in [0.15, 0.2) is 0 Å². The number of nitrogen functional groups attached to an aromatic ring is 1. The smallest absolute Gasteiger partial charge is 0.471 e. The lowest BCUT2D eigenvalue weighted by atomic mass is 10.1. The van der Waals surface area contributed by atoms with Crippen molar-refractivity contribution in [3.63, 3.8) is 0 Å². The van der Waals surface area contributed by atoms with Crippen LogP contribution in [0.15, 0.2) is 18.2 Å². The number of carboxylic acids is 1. The molecule has 0 bridgehead atoms. The van der Waals surface area contributed by atoms with E-state index >= 15 is 0 Å². The molecule has 0 radical (unpaired) electrons. The summed E-state index contributed by atoms with van der Waals surface area (Å²) in [5.41, 5.74) is 4.35. The monoisotopic (exact) mass is 248 g/mol. The van der Waals surface area contributed by atoms with E-state index in [2.05, 4.69) is 0 Å². The van der Waals surface area contributed by atoms with Gasteiger partial charge in [-0.2, -0.15) is 13.2 Å². The molecule has 1 aromatic carbocycles. The molecule has 0 fully saturated rings. The summed E-state index contributed by atoms with van der Waals surface area (Å²) in [6.07, 6.45) is -5.10. The van der Waals surface area contributed by atoms with Gasteiger partial charge in [-0.3, -0.25) is 4.79 Å². The first-order valence-corrected chi connectivity index (χ1v) is 4.23. The lowest BCUT2D eigenvalue weighted by molar-refractivity contribution is -0.167. The van der Waals surface area contributed by atoms with Crippen LogP contribution in [0.25, 0.3) is 0 Å². The van der Waals surface area contributed by atoms with Crippen molar-refractivity contribution in [2.45, 2.75) is 6.18 Å². The third kappa shape index (κ3) is 3.10. The van der Waals surface area contributed by atoms with Crippen LogP contribution in [0, 0.1) is 0 Å². The van der Waals surface area contributed by atoms with E-state index < -0.39 is 29.3 Å². The van der Waals surface area contributed by atoms with Gasteiger partial charge in [-0.05, 0) is 18.2 Å². The first-order valence-electron chi connectivity index (χ1n) is 4.23. The maximum atomic E-state index is 12.0. The highest BCUT2D eigenvalue weighted by Gasteiger charge is 2.39. The summed E-state index contributed by atoms with van der Waals surface area (Å²) < 4.78 is 35.9. The van der Waals surface area contributed by atoms with Crippen molar-refractivity contribution in [2.75, 3.05) is 11.1 Å². The first-order chi connectivity index (χ1) is 7.71. The SMILES string of the molecule is Nc1ccc(C(=O)O)c(NC(=O)C(F)(F)F)c1. The van der Waals surface area contributed by atoms with E-state index in [1.807, 2.05) is 0 Å². The largest absolute Gasteiger partial charge is 0.478 e. The van der Waals surface area contributed by atoms with Crippen LogP contribution >= 0.6 is 0 Å². The molecule has 0 aliphatic rings. The van der Waals surface area contributed by atoms with Gasteiger partial charge in [-0.25, -0.2) is 4.79 Å². The summed E-state index contributed by atoms with van der Waals surface area (Å²) in [6, 6.07) is 3.14. The zero-order chi connectivity index (χ0) is 13.2. The Labute approximate surface area is 93.0 Å². The molecule has 4 N–H and O–H groups in total. The topological polar surface area (TPSA) is 92.4 Å². The number of hydrogen-bond acceptors (Lipinski definition) is 3. The number of carbonyl (C=O) groups is 2. The molecule has 0 saturated heterocycles. The second-order valence-corrected chi connectivity index (χ2v) is 3.06. The Balaban J connectivity index is 3.09. The number of carbonyl (C=O) groups excluding carboxylic acids is 1. The molecule has 92 valence electrons. The van der Waals surface area contributed by atoms with Gasteiger partial charge in [0.25, 0.3) is 0 Å². The van der Waals surface area contributed by atoms with E-state index in [0.29, 0.717) is 0 Å². The van der Waals surface area contributed by atoms with Crippen molar-refractivity contribution in [1.29, 1.82) is 0 Å². The molecule has 8 heteroatoms. The Hall–Kier alpha value is -2.25. The van der Waals surface area contributed by atoms with Crippen LogP contribution < -0.4 is 11.1 Å². The number of hydrogen-bond donors (Lipinski definition) is 3. The Morgan fingerprint density at radius 2 is 1.88 bits per heavy atom. The number of anilines is 2. The lowest BCUT2D eigenvalue weighted by Crippen LogP contribution is -2.30. The van der Waals surface area contributed by atoms with E-state index in [0.717, 1.165) is 12.1 Å². The highest BCUT2D eigenvalue weighted by molar-refractivity contribution is 6.02. The summed E-state index contributed by atoms with van der Waals surface area (Å²) >= 11 is 0. The normalized spacial score (nSPS) is 11.0. The van der Waals surface area contributed by atoms with Gasteiger partial charge in [0.2, 0.25) is 0 Å². The zero-order valence-electron chi connectivity index (χ0n) is 8.21. The van der Waals surface area contributed by atoms with E-state index in [-0.39, 0.29) is 5.69 Å². The summed E-state index contributed by atoms with van der Waals surface area (Å²) in [7, 11) is 0. The fourth-order valence-corrected chi connectivity index (χ4v) is 1.04. The van der Waals surface area contributed by atoms with Gasteiger partial charge in [0, 0.05) is 5.69 Å². The maximum absolute atomic E-state index is 12.0. The van der Waals surface area contributed by atoms with Crippen LogP contribution in [0.3, 0.4) is 0 Å². The van der Waals surface area contributed by atoms with Crippen molar-refractivity contribution >= 4 is 23.3 Å². The molecule has 0 aromatic heterocycles. The van der Waals surface area contributed by atoms with E-state index in [9.17, 15) is 22.8 Å². The van der Waals surface area contributed by atoms with Crippen LogP contribution in [-0.4, -0.2) is 23.2 Å². The number of nitrogens with one attached hydrogen (secondary N) is 1. The average molecular weight is 248 g/mol. The summed E-state index contributed by atoms with van der Waals surface area (Å²) in [6.45, 7) is 0. The number of nitrogens with two attached hydrogens (primary N) is 1. The molecule has 1 aromatic rings. The molecule has 17 heavy (non-hydrogen) atoms. The second-order valence-electron chi connectivity index (χ2n) is 3.06. The third-order valence-electron chi connectivity index (χ3n) is 1.78. The highest BCUT2D eigenvalue weighted by atomic mass is 19.4. The van der Waals surface area contributed by atoms with Crippen molar-refractivity contribution in [2.24, 2.45) is 0 Å². The Kier molecular flexibility index (Phi) is 3.26. The molecule has 0 aliphatic heterocycles. The fraction of sp³-hybridized carbons (Fsp3) is 0.111. The first kappa shape index (κ1) is 12.8. The van der Waals surface area contributed by atoms with Crippen LogP contribution in [0.2, 0.25) is 0 Å². The standard InChI is InChI=1S/C9H7F3N2O3/c10-9(11,12)8(17)14-6-3-4(13)1-2-5(6)7(15)16/h1-3H,13H2,(H,14,17)(H,15,16). The van der Waals surface area contributed by atoms with Gasteiger partial charge in [-0.1, -0.05) is 0 Å². The van der Waals surface area contributed by atoms with Crippen molar-refractivity contribution < 1.29 is 27.9 Å². The minimum Gasteiger partial charge on any atom is -0.478 e. The molecule has 0 atom stereocenters. The van der Waals surface area contributed by atoms with Crippen LogP contribution in [0.5, 0.6) is 0 Å². The minimum absolute atomic E-state index is 0.0347. The lowest BCUT2D eigenvalue weighted by Gasteiger charge is -2.10. The molecule has 0 heterocycles. The highest BCUT2D eigenvalue weighted by Crippen LogP contribution is 2.23. The van der Waals surface area contributed by atoms with Gasteiger partial charge in [0.05, 0.1) is 11.3 Å². The van der Waals surface area contributed by atoms with E-state index in [1.54, 1.807) is 0 Å². The number of aromatic carboxylic acids is 1. The molecular weight excluding hydrogens is 241 g/mol. The molecule has 0 spiro atoms. The van der Waals surface area contributed by atoms with Crippen molar-refractivity contribution in [3.8, 4) is 0 Å².